The third-order valence-electron chi connectivity index (χ3n) is 4.15. The molecular weight excluding hydrogens is 372 g/mol. The van der Waals surface area contributed by atoms with Crippen LogP contribution in [0, 0.1) is 0 Å². The molecule has 2 heterocycles. The van der Waals surface area contributed by atoms with E-state index >= 15 is 0 Å². The standard InChI is InChI=1S/C18H21ClN4O4/c1-25-15-7-14(16(26-2)6-13(15)19)23-17(24)11-8-20-18(21-9-11)22-10-12-4-3-5-27-12/h6-9,12H,3-5,10H2,1-2H3,(H,23,24)(H,20,21,22). The summed E-state index contributed by atoms with van der Waals surface area (Å²) in [6.07, 6.45) is 5.20. The Morgan fingerprint density at radius 1 is 1.26 bits per heavy atom. The molecular formula is C18H21ClN4O4. The lowest BCUT2D eigenvalue weighted by Gasteiger charge is -2.13. The summed E-state index contributed by atoms with van der Waals surface area (Å²) in [6, 6.07) is 3.17. The zero-order chi connectivity index (χ0) is 19.2. The van der Waals surface area contributed by atoms with Gasteiger partial charge in [0.2, 0.25) is 5.95 Å². The first-order valence-electron chi connectivity index (χ1n) is 8.51. The van der Waals surface area contributed by atoms with E-state index in [1.807, 2.05) is 0 Å². The van der Waals surface area contributed by atoms with Gasteiger partial charge in [0.15, 0.2) is 0 Å². The van der Waals surface area contributed by atoms with Crippen LogP contribution in [0.2, 0.25) is 5.02 Å². The van der Waals surface area contributed by atoms with Gasteiger partial charge in [-0.05, 0) is 12.8 Å². The Bertz CT molecular complexity index is 795. The fourth-order valence-electron chi connectivity index (χ4n) is 2.70. The molecule has 2 N–H and O–H groups in total. The highest BCUT2D eigenvalue weighted by Crippen LogP contribution is 2.36. The fourth-order valence-corrected chi connectivity index (χ4v) is 2.93. The Morgan fingerprint density at radius 2 is 2.00 bits per heavy atom. The molecule has 1 aromatic carbocycles. The number of amides is 1. The molecule has 0 radical (unpaired) electrons. The molecule has 1 atom stereocenters. The van der Waals surface area contributed by atoms with Crippen LogP contribution in [0.25, 0.3) is 0 Å². The fraction of sp³-hybridized carbons (Fsp3) is 0.389. The first kappa shape index (κ1) is 19.2. The number of carbonyl (C=O) groups excluding carboxylic acids is 1. The smallest absolute Gasteiger partial charge is 0.258 e. The van der Waals surface area contributed by atoms with Crippen molar-refractivity contribution in [2.45, 2.75) is 18.9 Å². The van der Waals surface area contributed by atoms with E-state index in [4.69, 9.17) is 25.8 Å². The summed E-state index contributed by atoms with van der Waals surface area (Å²) in [5.74, 6) is 0.929. The molecule has 1 unspecified atom stereocenters. The number of benzene rings is 1. The lowest BCUT2D eigenvalue weighted by molar-refractivity contribution is 0.102. The van der Waals surface area contributed by atoms with Gasteiger partial charge in [-0.15, -0.1) is 0 Å². The van der Waals surface area contributed by atoms with Crippen LogP contribution in [-0.2, 0) is 4.74 Å². The largest absolute Gasteiger partial charge is 0.495 e. The van der Waals surface area contributed by atoms with Crippen LogP contribution in [-0.4, -0.2) is 49.4 Å². The first-order valence-corrected chi connectivity index (χ1v) is 8.89. The van der Waals surface area contributed by atoms with Crippen molar-refractivity contribution in [3.63, 3.8) is 0 Å². The van der Waals surface area contributed by atoms with Crippen LogP contribution in [0.5, 0.6) is 11.5 Å². The Kier molecular flexibility index (Phi) is 6.31. The number of halogens is 1. The van der Waals surface area contributed by atoms with Crippen molar-refractivity contribution < 1.29 is 19.0 Å². The maximum absolute atomic E-state index is 12.5. The van der Waals surface area contributed by atoms with Gasteiger partial charge in [0, 0.05) is 37.7 Å². The van der Waals surface area contributed by atoms with Gasteiger partial charge >= 0.3 is 0 Å². The number of aromatic nitrogens is 2. The second-order valence-corrected chi connectivity index (χ2v) is 6.36. The molecule has 3 rings (SSSR count). The van der Waals surface area contributed by atoms with E-state index < -0.39 is 0 Å². The molecule has 1 saturated heterocycles. The van der Waals surface area contributed by atoms with Crippen molar-refractivity contribution in [3.8, 4) is 11.5 Å². The molecule has 0 spiro atoms. The van der Waals surface area contributed by atoms with E-state index in [0.717, 1.165) is 19.4 Å². The molecule has 0 bridgehead atoms. The number of ether oxygens (including phenoxy) is 3. The van der Waals surface area contributed by atoms with Crippen LogP contribution in [0.4, 0.5) is 11.6 Å². The first-order chi connectivity index (χ1) is 13.1. The summed E-state index contributed by atoms with van der Waals surface area (Å²) in [5.41, 5.74) is 0.748. The molecule has 27 heavy (non-hydrogen) atoms. The van der Waals surface area contributed by atoms with E-state index in [1.165, 1.54) is 26.6 Å². The summed E-state index contributed by atoms with van der Waals surface area (Å²) >= 11 is 6.07. The number of nitrogens with one attached hydrogen (secondary N) is 2. The predicted molar refractivity (Wildman–Crippen MR) is 102 cm³/mol. The summed E-state index contributed by atoms with van der Waals surface area (Å²) in [4.78, 5) is 20.8. The van der Waals surface area contributed by atoms with Gasteiger partial charge in [-0.2, -0.15) is 0 Å². The van der Waals surface area contributed by atoms with Gasteiger partial charge in [0.05, 0.1) is 36.6 Å². The molecule has 1 aromatic heterocycles. The third-order valence-corrected chi connectivity index (χ3v) is 4.44. The molecule has 8 nitrogen and oxygen atoms in total. The monoisotopic (exact) mass is 392 g/mol. The van der Waals surface area contributed by atoms with Crippen LogP contribution < -0.4 is 20.1 Å². The second kappa shape index (κ2) is 8.88. The molecule has 1 fully saturated rings. The quantitative estimate of drug-likeness (QED) is 0.747. The van der Waals surface area contributed by atoms with Crippen molar-refractivity contribution in [3.05, 3.63) is 35.1 Å². The average Bonchev–Trinajstić information content (AvgIpc) is 3.21. The number of carbonyl (C=O) groups is 1. The Morgan fingerprint density at radius 3 is 2.63 bits per heavy atom. The number of anilines is 2. The van der Waals surface area contributed by atoms with Crippen LogP contribution in [0.1, 0.15) is 23.2 Å². The zero-order valence-corrected chi connectivity index (χ0v) is 15.9. The van der Waals surface area contributed by atoms with E-state index in [2.05, 4.69) is 20.6 Å². The summed E-state index contributed by atoms with van der Waals surface area (Å²) in [5, 5.41) is 6.25. The van der Waals surface area contributed by atoms with Crippen LogP contribution in [0.15, 0.2) is 24.5 Å². The number of hydrogen-bond donors (Lipinski definition) is 2. The van der Waals surface area contributed by atoms with Gasteiger partial charge in [-0.3, -0.25) is 4.79 Å². The number of methoxy groups -OCH3 is 2. The van der Waals surface area contributed by atoms with Crippen molar-refractivity contribution in [1.29, 1.82) is 0 Å². The van der Waals surface area contributed by atoms with Crippen molar-refractivity contribution >= 4 is 29.1 Å². The minimum Gasteiger partial charge on any atom is -0.495 e. The topological polar surface area (TPSA) is 94.6 Å². The summed E-state index contributed by atoms with van der Waals surface area (Å²) < 4.78 is 16.0. The third kappa shape index (κ3) is 4.78. The minimum absolute atomic E-state index is 0.184. The molecule has 0 saturated carbocycles. The van der Waals surface area contributed by atoms with E-state index in [0.29, 0.717) is 40.3 Å². The maximum atomic E-state index is 12.5. The van der Waals surface area contributed by atoms with Crippen molar-refractivity contribution in [2.24, 2.45) is 0 Å². The lowest BCUT2D eigenvalue weighted by Crippen LogP contribution is -2.20. The van der Waals surface area contributed by atoms with Crippen LogP contribution >= 0.6 is 11.6 Å². The highest BCUT2D eigenvalue weighted by molar-refractivity contribution is 6.32. The Balaban J connectivity index is 1.65. The summed E-state index contributed by atoms with van der Waals surface area (Å²) in [7, 11) is 2.99. The molecule has 1 aliphatic rings. The van der Waals surface area contributed by atoms with Crippen molar-refractivity contribution in [1.82, 2.24) is 9.97 Å². The molecule has 1 amide bonds. The van der Waals surface area contributed by atoms with Gasteiger partial charge in [-0.25, -0.2) is 9.97 Å². The number of hydrogen-bond acceptors (Lipinski definition) is 7. The van der Waals surface area contributed by atoms with Crippen molar-refractivity contribution in [2.75, 3.05) is 38.0 Å². The normalized spacial score (nSPS) is 16.0. The maximum Gasteiger partial charge on any atom is 0.258 e. The Hall–Kier alpha value is -2.58. The molecule has 1 aliphatic heterocycles. The SMILES string of the molecule is COc1cc(NC(=O)c2cnc(NCC3CCCO3)nc2)c(OC)cc1Cl. The van der Waals surface area contributed by atoms with E-state index in [9.17, 15) is 4.79 Å². The van der Waals surface area contributed by atoms with Gasteiger partial charge in [0.1, 0.15) is 11.5 Å². The van der Waals surface area contributed by atoms with Crippen LogP contribution in [0.3, 0.4) is 0 Å². The minimum atomic E-state index is -0.372. The molecule has 9 heteroatoms. The highest BCUT2D eigenvalue weighted by Gasteiger charge is 2.16. The van der Waals surface area contributed by atoms with E-state index in [1.54, 1.807) is 12.1 Å². The molecule has 2 aromatic rings. The second-order valence-electron chi connectivity index (χ2n) is 5.95. The van der Waals surface area contributed by atoms with Gasteiger partial charge < -0.3 is 24.8 Å². The number of rotatable bonds is 7. The molecule has 0 aliphatic carbocycles. The molecule has 144 valence electrons. The predicted octanol–water partition coefficient (Wildman–Crippen LogP) is 2.99. The van der Waals surface area contributed by atoms with Gasteiger partial charge in [-0.1, -0.05) is 11.6 Å². The average molecular weight is 393 g/mol. The Labute approximate surface area is 162 Å². The van der Waals surface area contributed by atoms with Gasteiger partial charge in [0.25, 0.3) is 5.91 Å². The number of nitrogens with zero attached hydrogens (tertiary/aromatic N) is 2. The van der Waals surface area contributed by atoms with E-state index in [-0.39, 0.29) is 12.0 Å². The highest BCUT2D eigenvalue weighted by atomic mass is 35.5. The zero-order valence-electron chi connectivity index (χ0n) is 15.1. The summed E-state index contributed by atoms with van der Waals surface area (Å²) in [6.45, 7) is 1.44. The lowest BCUT2D eigenvalue weighted by atomic mass is 10.2.